The normalized spacial score (nSPS) is 22.8. The van der Waals surface area contributed by atoms with E-state index in [-0.39, 0.29) is 23.1 Å². The number of carbonyl (C=O) groups excluding carboxylic acids is 1. The minimum atomic E-state index is -0.352. The number of hydrogen-bond acceptors (Lipinski definition) is 5. The molecule has 4 rings (SSSR count). The summed E-state index contributed by atoms with van der Waals surface area (Å²) < 4.78 is 20.1. The topological polar surface area (TPSA) is 63.5 Å². The largest absolute Gasteiger partial charge is 0.383 e. The van der Waals surface area contributed by atoms with Gasteiger partial charge in [0, 0.05) is 38.8 Å². The van der Waals surface area contributed by atoms with E-state index >= 15 is 0 Å². The molecular formula is C19H24FN5O2. The third-order valence-corrected chi connectivity index (χ3v) is 5.68. The quantitative estimate of drug-likeness (QED) is 0.799. The molecule has 0 saturated carbocycles. The minimum absolute atomic E-state index is 0.0670. The van der Waals surface area contributed by atoms with E-state index in [0.29, 0.717) is 25.4 Å². The summed E-state index contributed by atoms with van der Waals surface area (Å²) in [7, 11) is 1.71. The Labute approximate surface area is 157 Å². The van der Waals surface area contributed by atoms with Crippen molar-refractivity contribution < 1.29 is 13.9 Å². The lowest BCUT2D eigenvalue weighted by Crippen LogP contribution is -2.67. The number of rotatable bonds is 5. The van der Waals surface area contributed by atoms with E-state index in [1.54, 1.807) is 19.2 Å². The summed E-state index contributed by atoms with van der Waals surface area (Å²) in [6.07, 6.45) is 4.63. The summed E-state index contributed by atoms with van der Waals surface area (Å²) in [4.78, 5) is 21.4. The van der Waals surface area contributed by atoms with Crippen molar-refractivity contribution in [3.8, 4) is 5.69 Å². The summed E-state index contributed by atoms with van der Waals surface area (Å²) in [6.45, 7) is 4.06. The van der Waals surface area contributed by atoms with Gasteiger partial charge >= 0.3 is 0 Å². The van der Waals surface area contributed by atoms with Crippen LogP contribution in [0.15, 0.2) is 30.6 Å². The first kappa shape index (κ1) is 18.1. The van der Waals surface area contributed by atoms with Crippen LogP contribution in [-0.4, -0.2) is 75.9 Å². The highest BCUT2D eigenvalue weighted by atomic mass is 19.1. The first-order valence-corrected chi connectivity index (χ1v) is 9.32. The zero-order valence-corrected chi connectivity index (χ0v) is 15.5. The number of amides is 1. The summed E-state index contributed by atoms with van der Waals surface area (Å²) in [6, 6.07) is 6.06. The second-order valence-corrected chi connectivity index (χ2v) is 7.28. The van der Waals surface area contributed by atoms with Gasteiger partial charge in [0.25, 0.3) is 5.91 Å². The number of halogens is 1. The lowest BCUT2D eigenvalue weighted by Gasteiger charge is -2.57. The molecule has 1 atom stereocenters. The standard InChI is InChI=1S/C19H24FN5O2/c1-27-11-10-24-9-7-19(24)6-3-8-23(13-19)18(26)17-21-14-25(22-17)16-5-2-4-15(20)12-16/h2,4-5,12,14H,3,6-11,13H2,1H3. The zero-order chi connectivity index (χ0) is 18.9. The number of carbonyl (C=O) groups is 1. The molecule has 2 aliphatic heterocycles. The van der Waals surface area contributed by atoms with Gasteiger partial charge in [-0.3, -0.25) is 9.69 Å². The molecular weight excluding hydrogens is 349 g/mol. The summed E-state index contributed by atoms with van der Waals surface area (Å²) >= 11 is 0. The van der Waals surface area contributed by atoms with Crippen LogP contribution in [-0.2, 0) is 4.74 Å². The third-order valence-electron chi connectivity index (χ3n) is 5.68. The molecule has 0 N–H and O–H groups in total. The average molecular weight is 373 g/mol. The molecule has 1 aromatic heterocycles. The lowest BCUT2D eigenvalue weighted by molar-refractivity contribution is -0.0680. The second-order valence-electron chi connectivity index (χ2n) is 7.28. The molecule has 2 aliphatic rings. The van der Waals surface area contributed by atoms with Gasteiger partial charge in [0.15, 0.2) is 0 Å². The van der Waals surface area contributed by atoms with E-state index in [1.807, 2.05) is 4.90 Å². The van der Waals surface area contributed by atoms with Crippen molar-refractivity contribution in [1.82, 2.24) is 24.6 Å². The fourth-order valence-corrected chi connectivity index (χ4v) is 4.13. The summed E-state index contributed by atoms with van der Waals surface area (Å²) in [5.74, 6) is -0.364. The van der Waals surface area contributed by atoms with Crippen molar-refractivity contribution in [3.63, 3.8) is 0 Å². The smallest absolute Gasteiger partial charge is 0.293 e. The van der Waals surface area contributed by atoms with Crippen LogP contribution >= 0.6 is 0 Å². The van der Waals surface area contributed by atoms with Gasteiger partial charge in [-0.1, -0.05) is 6.07 Å². The molecule has 7 nitrogen and oxygen atoms in total. The Kier molecular flexibility index (Phi) is 4.92. The molecule has 1 amide bonds. The molecule has 1 unspecified atom stereocenters. The molecule has 0 bridgehead atoms. The van der Waals surface area contributed by atoms with Gasteiger partial charge < -0.3 is 9.64 Å². The lowest BCUT2D eigenvalue weighted by atomic mass is 9.77. The van der Waals surface area contributed by atoms with E-state index in [1.165, 1.54) is 23.1 Å². The molecule has 0 aliphatic carbocycles. The Morgan fingerprint density at radius 3 is 2.96 bits per heavy atom. The number of piperidine rings is 1. The Morgan fingerprint density at radius 1 is 1.33 bits per heavy atom. The Balaban J connectivity index is 1.47. The van der Waals surface area contributed by atoms with Crippen molar-refractivity contribution in [2.24, 2.45) is 0 Å². The molecule has 1 aromatic carbocycles. The Hall–Kier alpha value is -2.32. The molecule has 2 saturated heterocycles. The number of benzene rings is 1. The van der Waals surface area contributed by atoms with Gasteiger partial charge in [-0.15, -0.1) is 5.10 Å². The van der Waals surface area contributed by atoms with Crippen molar-refractivity contribution in [1.29, 1.82) is 0 Å². The highest BCUT2D eigenvalue weighted by Crippen LogP contribution is 2.38. The molecule has 1 spiro atoms. The van der Waals surface area contributed by atoms with Crippen LogP contribution in [0.25, 0.3) is 5.69 Å². The van der Waals surface area contributed by atoms with E-state index < -0.39 is 0 Å². The predicted octanol–water partition coefficient (Wildman–Crippen LogP) is 1.73. The maximum Gasteiger partial charge on any atom is 0.293 e. The highest BCUT2D eigenvalue weighted by molar-refractivity contribution is 5.90. The van der Waals surface area contributed by atoms with Crippen LogP contribution in [0.4, 0.5) is 4.39 Å². The molecule has 144 valence electrons. The minimum Gasteiger partial charge on any atom is -0.383 e. The van der Waals surface area contributed by atoms with Gasteiger partial charge in [0.05, 0.1) is 12.3 Å². The number of methoxy groups -OCH3 is 1. The van der Waals surface area contributed by atoms with Crippen molar-refractivity contribution in [2.75, 3.05) is 39.9 Å². The van der Waals surface area contributed by atoms with E-state index in [2.05, 4.69) is 15.0 Å². The number of nitrogens with zero attached hydrogens (tertiary/aromatic N) is 5. The van der Waals surface area contributed by atoms with Crippen LogP contribution in [0.5, 0.6) is 0 Å². The van der Waals surface area contributed by atoms with Crippen LogP contribution in [0, 0.1) is 5.82 Å². The van der Waals surface area contributed by atoms with Gasteiger partial charge in [0.2, 0.25) is 5.82 Å². The maximum atomic E-state index is 13.4. The zero-order valence-electron chi connectivity index (χ0n) is 15.5. The molecule has 2 fully saturated rings. The maximum absolute atomic E-state index is 13.4. The van der Waals surface area contributed by atoms with Crippen molar-refractivity contribution in [2.45, 2.75) is 24.8 Å². The van der Waals surface area contributed by atoms with Crippen LogP contribution in [0.1, 0.15) is 29.9 Å². The fourth-order valence-electron chi connectivity index (χ4n) is 4.13. The second kappa shape index (κ2) is 7.36. The molecule has 0 radical (unpaired) electrons. The van der Waals surface area contributed by atoms with Crippen molar-refractivity contribution >= 4 is 5.91 Å². The first-order chi connectivity index (χ1) is 13.1. The van der Waals surface area contributed by atoms with Crippen LogP contribution in [0.3, 0.4) is 0 Å². The van der Waals surface area contributed by atoms with Gasteiger partial charge in [-0.25, -0.2) is 14.1 Å². The SMILES string of the molecule is COCCN1CCC12CCCN(C(=O)c1ncn(-c3cccc(F)c3)n1)C2. The summed E-state index contributed by atoms with van der Waals surface area (Å²) in [5, 5.41) is 4.27. The highest BCUT2D eigenvalue weighted by Gasteiger charge is 2.47. The summed E-state index contributed by atoms with van der Waals surface area (Å²) in [5.41, 5.74) is 0.610. The average Bonchev–Trinajstić information content (AvgIpc) is 3.17. The number of likely N-dealkylation sites (tertiary alicyclic amines) is 2. The Morgan fingerprint density at radius 2 is 2.22 bits per heavy atom. The third kappa shape index (κ3) is 3.46. The van der Waals surface area contributed by atoms with Crippen molar-refractivity contribution in [3.05, 3.63) is 42.2 Å². The number of ether oxygens (including phenoxy) is 1. The molecule has 27 heavy (non-hydrogen) atoms. The molecule has 2 aromatic rings. The predicted molar refractivity (Wildman–Crippen MR) is 97.3 cm³/mol. The molecule has 8 heteroatoms. The molecule has 3 heterocycles. The van der Waals surface area contributed by atoms with Gasteiger partial charge in [-0.05, 0) is 37.5 Å². The monoisotopic (exact) mass is 373 g/mol. The van der Waals surface area contributed by atoms with Crippen LogP contribution in [0.2, 0.25) is 0 Å². The van der Waals surface area contributed by atoms with E-state index in [4.69, 9.17) is 4.74 Å². The van der Waals surface area contributed by atoms with Crippen LogP contribution < -0.4 is 0 Å². The number of aromatic nitrogens is 3. The van der Waals surface area contributed by atoms with E-state index in [0.717, 1.165) is 32.4 Å². The van der Waals surface area contributed by atoms with E-state index in [9.17, 15) is 9.18 Å². The Bertz CT molecular complexity index is 826. The number of hydrogen-bond donors (Lipinski definition) is 0. The fraction of sp³-hybridized carbons (Fsp3) is 0.526. The van der Waals surface area contributed by atoms with Gasteiger partial charge in [-0.2, -0.15) is 0 Å². The first-order valence-electron chi connectivity index (χ1n) is 9.32. The van der Waals surface area contributed by atoms with Gasteiger partial charge in [0.1, 0.15) is 12.1 Å².